The lowest BCUT2D eigenvalue weighted by Crippen LogP contribution is -2.47. The van der Waals surface area contributed by atoms with Gasteiger partial charge in [-0.1, -0.05) is 41.6 Å². The van der Waals surface area contributed by atoms with Gasteiger partial charge in [-0.2, -0.15) is 10.1 Å². The number of benzene rings is 2. The van der Waals surface area contributed by atoms with Crippen molar-refractivity contribution in [3.63, 3.8) is 0 Å². The van der Waals surface area contributed by atoms with Crippen LogP contribution in [-0.2, 0) is 31.4 Å². The highest BCUT2D eigenvalue weighted by Crippen LogP contribution is 2.28. The van der Waals surface area contributed by atoms with Crippen molar-refractivity contribution in [2.75, 3.05) is 13.1 Å². The molecule has 4 heterocycles. The molecular weight excluding hydrogens is 619 g/mol. The van der Waals surface area contributed by atoms with Crippen molar-refractivity contribution >= 4 is 17.1 Å². The summed E-state index contributed by atoms with van der Waals surface area (Å²) in [5.74, 6) is 0.390. The molecular formula is C34H39FN8O5. The Hall–Kier alpha value is -4.95. The number of aryl methyl sites for hydroxylation is 2. The smallest absolute Gasteiger partial charge is 0.407 e. The van der Waals surface area contributed by atoms with Crippen LogP contribution in [0.4, 0.5) is 9.18 Å². The zero-order valence-corrected chi connectivity index (χ0v) is 27.7. The molecule has 0 atom stereocenters. The number of aliphatic hydroxyl groups is 1. The first-order valence-corrected chi connectivity index (χ1v) is 15.8. The minimum atomic E-state index is -1.13. The van der Waals surface area contributed by atoms with Crippen LogP contribution in [0.2, 0.25) is 0 Å². The summed E-state index contributed by atoms with van der Waals surface area (Å²) >= 11 is 0. The average Bonchev–Trinajstić information content (AvgIpc) is 3.62. The Morgan fingerprint density at radius 3 is 2.46 bits per heavy atom. The molecule has 1 saturated heterocycles. The summed E-state index contributed by atoms with van der Waals surface area (Å²) in [5, 5.41) is 22.5. The Morgan fingerprint density at radius 2 is 1.81 bits per heavy atom. The van der Waals surface area contributed by atoms with E-state index >= 15 is 0 Å². The number of fused-ring (bicyclic) bond motifs is 1. The van der Waals surface area contributed by atoms with Crippen molar-refractivity contribution in [1.82, 2.24) is 39.7 Å². The van der Waals surface area contributed by atoms with Crippen LogP contribution in [0.1, 0.15) is 50.6 Å². The second-order valence-corrected chi connectivity index (χ2v) is 13.3. The SMILES string of the molecule is Cc1nc(-c2ccc(CN3CCC(O)(Cn4cnc5c(-c6ccc(CNC(=O)OC(C)(C)C)cc6)n(C)nc5c4=O)CC3)c(F)c2)no1. The highest BCUT2D eigenvalue weighted by molar-refractivity contribution is 5.89. The number of carbonyl (C=O) groups is 1. The van der Waals surface area contributed by atoms with E-state index in [1.165, 1.54) is 17.0 Å². The highest BCUT2D eigenvalue weighted by atomic mass is 19.1. The number of alkyl carbamates (subject to hydrolysis) is 1. The second kappa shape index (κ2) is 12.9. The Labute approximate surface area is 276 Å². The standard InChI is InChI=1S/C34H39FN8O5/c1-21-38-30(40-48-21)24-10-11-25(26(35)16-24)18-42-14-12-34(46,13-15-42)19-43-20-37-27-28(31(43)44)39-41(5)29(27)23-8-6-22(7-9-23)17-36-32(45)47-33(2,3)4/h6-11,16,20,46H,12-15,17-19H2,1-5H3,(H,36,45). The lowest BCUT2D eigenvalue weighted by molar-refractivity contribution is -0.0366. The van der Waals surface area contributed by atoms with Gasteiger partial charge in [0, 0.05) is 56.8 Å². The molecule has 48 heavy (non-hydrogen) atoms. The third kappa shape index (κ3) is 7.29. The summed E-state index contributed by atoms with van der Waals surface area (Å²) in [4.78, 5) is 36.4. The van der Waals surface area contributed by atoms with Crippen LogP contribution in [0.3, 0.4) is 0 Å². The first-order valence-electron chi connectivity index (χ1n) is 15.8. The Morgan fingerprint density at radius 1 is 1.10 bits per heavy atom. The number of nitrogens with one attached hydrogen (secondary N) is 1. The third-order valence-corrected chi connectivity index (χ3v) is 8.36. The largest absolute Gasteiger partial charge is 0.444 e. The van der Waals surface area contributed by atoms with E-state index in [1.54, 1.807) is 30.8 Å². The van der Waals surface area contributed by atoms with Crippen molar-refractivity contribution in [2.45, 2.75) is 71.4 Å². The summed E-state index contributed by atoms with van der Waals surface area (Å²) in [5.41, 5.74) is 2.07. The number of piperidine rings is 1. The van der Waals surface area contributed by atoms with Crippen LogP contribution in [0.25, 0.3) is 33.7 Å². The van der Waals surface area contributed by atoms with Crippen molar-refractivity contribution in [3.05, 3.63) is 82.0 Å². The third-order valence-electron chi connectivity index (χ3n) is 8.36. The highest BCUT2D eigenvalue weighted by Gasteiger charge is 2.34. The van der Waals surface area contributed by atoms with Gasteiger partial charge in [-0.05, 0) is 45.2 Å². The second-order valence-electron chi connectivity index (χ2n) is 13.3. The van der Waals surface area contributed by atoms with E-state index in [0.29, 0.717) is 73.1 Å². The van der Waals surface area contributed by atoms with Crippen molar-refractivity contribution < 1.29 is 23.6 Å². The number of ether oxygens (including phenoxy) is 1. The van der Waals surface area contributed by atoms with Crippen LogP contribution in [0, 0.1) is 12.7 Å². The molecule has 252 valence electrons. The lowest BCUT2D eigenvalue weighted by atomic mass is 9.91. The molecule has 14 heteroatoms. The van der Waals surface area contributed by atoms with E-state index in [1.807, 2.05) is 45.0 Å². The molecule has 0 bridgehead atoms. The van der Waals surface area contributed by atoms with Crippen molar-refractivity contribution in [2.24, 2.45) is 7.05 Å². The van der Waals surface area contributed by atoms with Gasteiger partial charge in [-0.25, -0.2) is 14.2 Å². The summed E-state index contributed by atoms with van der Waals surface area (Å²) in [7, 11) is 1.75. The molecule has 1 aliphatic rings. The van der Waals surface area contributed by atoms with Crippen LogP contribution in [-0.4, -0.2) is 69.9 Å². The number of rotatable bonds is 8. The minimum Gasteiger partial charge on any atom is -0.444 e. The summed E-state index contributed by atoms with van der Waals surface area (Å²) in [6.45, 7) is 8.92. The predicted octanol–water partition coefficient (Wildman–Crippen LogP) is 4.35. The number of halogens is 1. The molecule has 0 saturated carbocycles. The zero-order chi connectivity index (χ0) is 34.2. The van der Waals surface area contributed by atoms with Gasteiger partial charge in [0.2, 0.25) is 11.7 Å². The van der Waals surface area contributed by atoms with Gasteiger partial charge < -0.3 is 19.7 Å². The van der Waals surface area contributed by atoms with Crippen LogP contribution in [0.5, 0.6) is 0 Å². The zero-order valence-electron chi connectivity index (χ0n) is 27.7. The molecule has 1 amide bonds. The van der Waals surface area contributed by atoms with Gasteiger partial charge in [-0.15, -0.1) is 0 Å². The number of hydrogen-bond acceptors (Lipinski definition) is 10. The normalized spacial score (nSPS) is 15.1. The van der Waals surface area contributed by atoms with Crippen molar-refractivity contribution in [3.8, 4) is 22.6 Å². The first-order chi connectivity index (χ1) is 22.8. The summed E-state index contributed by atoms with van der Waals surface area (Å²) in [6.07, 6.45) is 1.78. The number of aromatic nitrogens is 6. The van der Waals surface area contributed by atoms with E-state index < -0.39 is 17.3 Å². The number of nitrogens with zero attached hydrogens (tertiary/aromatic N) is 7. The lowest BCUT2D eigenvalue weighted by Gasteiger charge is -2.38. The maximum atomic E-state index is 14.9. The van der Waals surface area contributed by atoms with Gasteiger partial charge in [0.15, 0.2) is 5.52 Å². The molecule has 0 radical (unpaired) electrons. The fourth-order valence-electron chi connectivity index (χ4n) is 5.87. The van der Waals surface area contributed by atoms with E-state index in [-0.39, 0.29) is 23.4 Å². The quantitative estimate of drug-likeness (QED) is 0.246. The average molecular weight is 659 g/mol. The Balaban J connectivity index is 1.09. The molecule has 0 aliphatic carbocycles. The fourth-order valence-corrected chi connectivity index (χ4v) is 5.87. The first kappa shape index (κ1) is 33.0. The number of amides is 1. The van der Waals surface area contributed by atoms with Crippen LogP contribution in [0.15, 0.2) is 58.1 Å². The Bertz CT molecular complexity index is 2000. The molecule has 2 aromatic carbocycles. The maximum Gasteiger partial charge on any atom is 0.407 e. The van der Waals surface area contributed by atoms with E-state index in [2.05, 4.69) is 30.4 Å². The van der Waals surface area contributed by atoms with Crippen molar-refractivity contribution in [1.29, 1.82) is 0 Å². The predicted molar refractivity (Wildman–Crippen MR) is 175 cm³/mol. The maximum absolute atomic E-state index is 14.9. The number of carbonyl (C=O) groups excluding carboxylic acids is 1. The van der Waals surface area contributed by atoms with Gasteiger partial charge >= 0.3 is 6.09 Å². The van der Waals surface area contributed by atoms with E-state index in [4.69, 9.17) is 9.26 Å². The molecule has 5 aromatic rings. The fraction of sp³-hybridized carbons (Fsp3) is 0.412. The monoisotopic (exact) mass is 658 g/mol. The molecule has 0 spiro atoms. The number of hydrogen-bond donors (Lipinski definition) is 2. The molecule has 1 aliphatic heterocycles. The van der Waals surface area contributed by atoms with Gasteiger partial charge in [0.05, 0.1) is 24.2 Å². The topological polar surface area (TPSA) is 153 Å². The van der Waals surface area contributed by atoms with Crippen LogP contribution >= 0.6 is 0 Å². The van der Waals surface area contributed by atoms with E-state index in [9.17, 15) is 19.1 Å². The summed E-state index contributed by atoms with van der Waals surface area (Å²) in [6, 6.07) is 12.4. The van der Waals surface area contributed by atoms with Gasteiger partial charge in [0.25, 0.3) is 5.56 Å². The Kier molecular flexibility index (Phi) is 8.88. The molecule has 6 rings (SSSR count). The minimum absolute atomic E-state index is 0.0705. The van der Waals surface area contributed by atoms with E-state index in [0.717, 1.165) is 11.1 Å². The number of likely N-dealkylation sites (tertiary alicyclic amines) is 1. The van der Waals surface area contributed by atoms with Gasteiger partial charge in [0.1, 0.15) is 16.9 Å². The molecule has 3 aromatic heterocycles. The molecule has 13 nitrogen and oxygen atoms in total. The van der Waals surface area contributed by atoms with Crippen LogP contribution < -0.4 is 10.9 Å². The molecule has 0 unspecified atom stereocenters. The van der Waals surface area contributed by atoms with Gasteiger partial charge in [-0.3, -0.25) is 18.9 Å². The molecule has 1 fully saturated rings. The molecule has 2 N–H and O–H groups in total. The summed E-state index contributed by atoms with van der Waals surface area (Å²) < 4.78 is 28.3.